The maximum atomic E-state index is 12.6. The Kier molecular flexibility index (Phi) is 7.04. The lowest BCUT2D eigenvalue weighted by atomic mass is 10.1. The summed E-state index contributed by atoms with van der Waals surface area (Å²) in [6.45, 7) is 5.59. The van der Waals surface area contributed by atoms with E-state index in [1.165, 1.54) is 39.5 Å². The number of nitrogens with one attached hydrogen (secondary N) is 1. The number of methoxy groups -OCH3 is 2. The lowest BCUT2D eigenvalue weighted by Gasteiger charge is -2.21. The molecule has 0 saturated heterocycles. The van der Waals surface area contributed by atoms with Crippen LogP contribution >= 0.6 is 0 Å². The first kappa shape index (κ1) is 20.2. The third-order valence-corrected chi connectivity index (χ3v) is 5.62. The van der Waals surface area contributed by atoms with E-state index in [4.69, 9.17) is 9.47 Å². The Hall–Kier alpha value is -1.80. The van der Waals surface area contributed by atoms with Crippen molar-refractivity contribution in [1.29, 1.82) is 0 Å². The Balaban J connectivity index is 2.93. The zero-order valence-corrected chi connectivity index (χ0v) is 15.8. The molecule has 0 radical (unpaired) electrons. The summed E-state index contributed by atoms with van der Waals surface area (Å²) in [4.78, 5) is 12.0. The Morgan fingerprint density at radius 1 is 1.17 bits per heavy atom. The van der Waals surface area contributed by atoms with Gasteiger partial charge in [-0.3, -0.25) is 4.79 Å². The minimum absolute atomic E-state index is 0.0327. The number of hydrogen-bond acceptors (Lipinski definition) is 5. The molecule has 8 heteroatoms. The van der Waals surface area contributed by atoms with Crippen LogP contribution in [-0.4, -0.2) is 52.5 Å². The van der Waals surface area contributed by atoms with Gasteiger partial charge in [-0.05, 0) is 25.0 Å². The molecule has 7 nitrogen and oxygen atoms in total. The summed E-state index contributed by atoms with van der Waals surface area (Å²) in [6, 6.07) is 4.27. The number of nitrogens with zero attached hydrogens (tertiary/aromatic N) is 1. The van der Waals surface area contributed by atoms with Crippen LogP contribution in [0.15, 0.2) is 23.1 Å². The van der Waals surface area contributed by atoms with E-state index >= 15 is 0 Å². The lowest BCUT2D eigenvalue weighted by molar-refractivity contribution is -0.122. The van der Waals surface area contributed by atoms with Gasteiger partial charge in [-0.2, -0.15) is 4.31 Å². The quantitative estimate of drug-likeness (QED) is 0.761. The van der Waals surface area contributed by atoms with Crippen molar-refractivity contribution in [1.82, 2.24) is 9.62 Å². The third kappa shape index (κ3) is 4.85. The number of carbonyl (C=O) groups is 1. The second kappa shape index (κ2) is 8.34. The summed E-state index contributed by atoms with van der Waals surface area (Å²) in [5, 5.41) is 2.78. The largest absolute Gasteiger partial charge is 0.493 e. The van der Waals surface area contributed by atoms with Crippen molar-refractivity contribution in [2.24, 2.45) is 5.92 Å². The molecule has 24 heavy (non-hydrogen) atoms. The highest BCUT2D eigenvalue weighted by Crippen LogP contribution is 2.30. The van der Waals surface area contributed by atoms with E-state index in [9.17, 15) is 13.2 Å². The second-order valence-corrected chi connectivity index (χ2v) is 7.92. The number of ether oxygens (including phenoxy) is 2. The molecule has 0 bridgehead atoms. The van der Waals surface area contributed by atoms with Gasteiger partial charge in [0.15, 0.2) is 11.5 Å². The van der Waals surface area contributed by atoms with Gasteiger partial charge in [0.1, 0.15) is 0 Å². The zero-order valence-electron chi connectivity index (χ0n) is 15.0. The minimum atomic E-state index is -3.81. The van der Waals surface area contributed by atoms with E-state index in [-0.39, 0.29) is 29.3 Å². The monoisotopic (exact) mass is 358 g/mol. The average molecular weight is 358 g/mol. The van der Waals surface area contributed by atoms with Gasteiger partial charge in [-0.1, -0.05) is 13.8 Å². The minimum Gasteiger partial charge on any atom is -0.493 e. The summed E-state index contributed by atoms with van der Waals surface area (Å²) in [6.07, 6.45) is 0. The molecule has 0 aliphatic heterocycles. The maximum absolute atomic E-state index is 12.6. The molecule has 1 aromatic carbocycles. The first-order valence-corrected chi connectivity index (χ1v) is 9.05. The number of likely N-dealkylation sites (N-methyl/N-ethyl adjacent to an activating group) is 1. The van der Waals surface area contributed by atoms with Crippen LogP contribution in [0.1, 0.15) is 20.8 Å². The highest BCUT2D eigenvalue weighted by molar-refractivity contribution is 7.89. The molecular formula is C16H26N2O5S. The van der Waals surface area contributed by atoms with Crippen molar-refractivity contribution in [2.45, 2.75) is 31.7 Å². The normalized spacial score (nSPS) is 13.0. The van der Waals surface area contributed by atoms with Crippen LogP contribution in [-0.2, 0) is 14.8 Å². The molecule has 1 amide bonds. The predicted octanol–water partition coefficient (Wildman–Crippen LogP) is 1.48. The highest BCUT2D eigenvalue weighted by atomic mass is 32.2. The smallest absolute Gasteiger partial charge is 0.243 e. The Morgan fingerprint density at radius 2 is 1.75 bits per heavy atom. The maximum Gasteiger partial charge on any atom is 0.243 e. The molecule has 0 heterocycles. The molecule has 136 valence electrons. The first-order chi connectivity index (χ1) is 11.1. The topological polar surface area (TPSA) is 84.9 Å². The molecular weight excluding hydrogens is 332 g/mol. The summed E-state index contributed by atoms with van der Waals surface area (Å²) in [5.74, 6) is 0.664. The van der Waals surface area contributed by atoms with Crippen molar-refractivity contribution in [2.75, 3.05) is 27.8 Å². The van der Waals surface area contributed by atoms with Crippen LogP contribution in [0.4, 0.5) is 0 Å². The van der Waals surface area contributed by atoms with Crippen molar-refractivity contribution >= 4 is 15.9 Å². The van der Waals surface area contributed by atoms with Gasteiger partial charge in [0.2, 0.25) is 15.9 Å². The van der Waals surface area contributed by atoms with Crippen molar-refractivity contribution in [3.63, 3.8) is 0 Å². The first-order valence-electron chi connectivity index (χ1n) is 7.61. The van der Waals surface area contributed by atoms with Crippen LogP contribution in [0.2, 0.25) is 0 Å². The summed E-state index contributed by atoms with van der Waals surface area (Å²) < 4.78 is 36.4. The van der Waals surface area contributed by atoms with E-state index in [0.29, 0.717) is 11.5 Å². The van der Waals surface area contributed by atoms with Crippen molar-refractivity contribution < 1.29 is 22.7 Å². The van der Waals surface area contributed by atoms with Crippen LogP contribution < -0.4 is 14.8 Å². The molecule has 0 saturated carbocycles. The van der Waals surface area contributed by atoms with Crippen LogP contribution in [0.3, 0.4) is 0 Å². The zero-order chi connectivity index (χ0) is 18.5. The average Bonchev–Trinajstić information content (AvgIpc) is 2.53. The molecule has 1 N–H and O–H groups in total. The molecule has 1 aromatic rings. The number of hydrogen-bond donors (Lipinski definition) is 1. The lowest BCUT2D eigenvalue weighted by Crippen LogP contribution is -2.43. The van der Waals surface area contributed by atoms with E-state index in [2.05, 4.69) is 5.32 Å². The SMILES string of the molecule is COc1ccc(S(=O)(=O)N(C)CC(=O)NC(C)C(C)C)cc1OC. The molecule has 0 aliphatic rings. The number of amides is 1. The summed E-state index contributed by atoms with van der Waals surface area (Å²) >= 11 is 0. The van der Waals surface area contributed by atoms with Crippen molar-refractivity contribution in [3.8, 4) is 11.5 Å². The van der Waals surface area contributed by atoms with Crippen LogP contribution in [0, 0.1) is 5.92 Å². The molecule has 0 aromatic heterocycles. The van der Waals surface area contributed by atoms with Gasteiger partial charge in [-0.25, -0.2) is 8.42 Å². The Morgan fingerprint density at radius 3 is 2.25 bits per heavy atom. The summed E-state index contributed by atoms with van der Waals surface area (Å²) in [7, 11) is 0.456. The number of benzene rings is 1. The van der Waals surface area contributed by atoms with E-state index in [1.54, 1.807) is 0 Å². The van der Waals surface area contributed by atoms with Gasteiger partial charge in [0, 0.05) is 19.2 Å². The molecule has 1 unspecified atom stereocenters. The second-order valence-electron chi connectivity index (χ2n) is 5.88. The van der Waals surface area contributed by atoms with Gasteiger partial charge < -0.3 is 14.8 Å². The fraction of sp³-hybridized carbons (Fsp3) is 0.562. The molecule has 1 rings (SSSR count). The summed E-state index contributed by atoms with van der Waals surface area (Å²) in [5.41, 5.74) is 0. The third-order valence-electron chi connectivity index (χ3n) is 3.82. The number of carbonyl (C=O) groups excluding carboxylic acids is 1. The Labute approximate surface area is 144 Å². The van der Waals surface area contributed by atoms with E-state index in [1.807, 2.05) is 20.8 Å². The molecule has 1 atom stereocenters. The van der Waals surface area contributed by atoms with Crippen LogP contribution in [0.25, 0.3) is 0 Å². The van der Waals surface area contributed by atoms with E-state index in [0.717, 1.165) is 4.31 Å². The van der Waals surface area contributed by atoms with Crippen LogP contribution in [0.5, 0.6) is 11.5 Å². The molecule has 0 fully saturated rings. The molecule has 0 aliphatic carbocycles. The number of sulfonamides is 1. The van der Waals surface area contributed by atoms with Gasteiger partial charge in [-0.15, -0.1) is 0 Å². The highest BCUT2D eigenvalue weighted by Gasteiger charge is 2.25. The molecule has 0 spiro atoms. The fourth-order valence-corrected chi connectivity index (χ4v) is 3.05. The standard InChI is InChI=1S/C16H26N2O5S/c1-11(2)12(3)17-16(19)10-18(4)24(20,21)13-7-8-14(22-5)15(9-13)23-6/h7-9,11-12H,10H2,1-6H3,(H,17,19). The van der Waals surface area contributed by atoms with E-state index < -0.39 is 10.0 Å². The fourth-order valence-electron chi connectivity index (χ4n) is 1.91. The number of rotatable bonds is 8. The van der Waals surface area contributed by atoms with Gasteiger partial charge >= 0.3 is 0 Å². The predicted molar refractivity (Wildman–Crippen MR) is 91.8 cm³/mol. The van der Waals surface area contributed by atoms with Gasteiger partial charge in [0.25, 0.3) is 0 Å². The Bertz CT molecular complexity index is 673. The van der Waals surface area contributed by atoms with Crippen molar-refractivity contribution in [3.05, 3.63) is 18.2 Å². The van der Waals surface area contributed by atoms with Gasteiger partial charge in [0.05, 0.1) is 25.7 Å².